The normalized spacial score (nSPS) is 17.7. The van der Waals surface area contributed by atoms with Crippen molar-refractivity contribution in [3.05, 3.63) is 41.1 Å². The predicted octanol–water partition coefficient (Wildman–Crippen LogP) is 2.36. The summed E-state index contributed by atoms with van der Waals surface area (Å²) in [6.07, 6.45) is 1.73. The van der Waals surface area contributed by atoms with Crippen molar-refractivity contribution >= 4 is 12.0 Å². The number of allylic oxidation sites excluding steroid dienone is 1. The van der Waals surface area contributed by atoms with Crippen LogP contribution in [0.2, 0.25) is 0 Å². The first-order valence-electron chi connectivity index (χ1n) is 7.27. The van der Waals surface area contributed by atoms with Crippen LogP contribution in [0.1, 0.15) is 38.3 Å². The van der Waals surface area contributed by atoms with Crippen molar-refractivity contribution in [2.45, 2.75) is 32.7 Å². The number of rotatable bonds is 5. The summed E-state index contributed by atoms with van der Waals surface area (Å²) in [4.78, 5) is 24.0. The Labute approximate surface area is 129 Å². The molecule has 0 fully saturated rings. The number of nitrogens with one attached hydrogen (secondary N) is 2. The van der Waals surface area contributed by atoms with Crippen molar-refractivity contribution in [3.8, 4) is 5.75 Å². The van der Waals surface area contributed by atoms with Crippen LogP contribution < -0.4 is 10.6 Å². The maximum Gasteiger partial charge on any atom is 0.338 e. The number of urea groups is 1. The number of amides is 2. The zero-order valence-corrected chi connectivity index (χ0v) is 12.7. The van der Waals surface area contributed by atoms with Gasteiger partial charge in [-0.3, -0.25) is 0 Å². The molecule has 0 aliphatic carbocycles. The first kappa shape index (κ1) is 15.9. The SMILES string of the molecule is CCCCOC(=O)C1=C(C)NC(=O)NC1c1ccc(O)cc1. The summed E-state index contributed by atoms with van der Waals surface area (Å²) < 4.78 is 5.27. The Balaban J connectivity index is 2.28. The van der Waals surface area contributed by atoms with Crippen molar-refractivity contribution in [2.75, 3.05) is 6.61 Å². The van der Waals surface area contributed by atoms with Crippen LogP contribution in [-0.4, -0.2) is 23.7 Å². The number of aromatic hydroxyl groups is 1. The van der Waals surface area contributed by atoms with Crippen molar-refractivity contribution in [1.29, 1.82) is 0 Å². The molecule has 0 saturated carbocycles. The van der Waals surface area contributed by atoms with Crippen molar-refractivity contribution < 1.29 is 19.4 Å². The first-order chi connectivity index (χ1) is 10.5. The minimum absolute atomic E-state index is 0.122. The van der Waals surface area contributed by atoms with E-state index < -0.39 is 12.0 Å². The molecule has 1 aliphatic rings. The molecule has 2 amide bonds. The van der Waals surface area contributed by atoms with E-state index in [4.69, 9.17) is 4.74 Å². The molecule has 22 heavy (non-hydrogen) atoms. The Morgan fingerprint density at radius 3 is 2.64 bits per heavy atom. The monoisotopic (exact) mass is 304 g/mol. The number of phenolic OH excluding ortho intramolecular Hbond substituents is 1. The molecule has 1 atom stereocenters. The number of phenols is 1. The molecule has 0 bridgehead atoms. The van der Waals surface area contributed by atoms with Gasteiger partial charge in [-0.25, -0.2) is 9.59 Å². The van der Waals surface area contributed by atoms with Gasteiger partial charge in [0.1, 0.15) is 5.75 Å². The highest BCUT2D eigenvalue weighted by Crippen LogP contribution is 2.28. The highest BCUT2D eigenvalue weighted by atomic mass is 16.5. The van der Waals surface area contributed by atoms with Crippen LogP contribution in [-0.2, 0) is 9.53 Å². The van der Waals surface area contributed by atoms with Gasteiger partial charge in [-0.1, -0.05) is 25.5 Å². The molecule has 1 unspecified atom stereocenters. The first-order valence-corrected chi connectivity index (χ1v) is 7.27. The molecule has 118 valence electrons. The molecule has 6 nitrogen and oxygen atoms in total. The third-order valence-corrected chi connectivity index (χ3v) is 3.45. The number of hydrogen-bond acceptors (Lipinski definition) is 4. The van der Waals surface area contributed by atoms with Crippen LogP contribution >= 0.6 is 0 Å². The molecule has 0 spiro atoms. The van der Waals surface area contributed by atoms with Gasteiger partial charge in [0.05, 0.1) is 18.2 Å². The van der Waals surface area contributed by atoms with E-state index in [0.29, 0.717) is 23.4 Å². The lowest BCUT2D eigenvalue weighted by molar-refractivity contribution is -0.139. The lowest BCUT2D eigenvalue weighted by Crippen LogP contribution is -2.45. The number of esters is 1. The van der Waals surface area contributed by atoms with Crippen LogP contribution in [0.3, 0.4) is 0 Å². The second-order valence-electron chi connectivity index (χ2n) is 5.15. The van der Waals surface area contributed by atoms with Crippen LogP contribution in [0.15, 0.2) is 35.5 Å². The number of carbonyl (C=O) groups excluding carboxylic acids is 2. The molecular formula is C16H20N2O4. The fourth-order valence-electron chi connectivity index (χ4n) is 2.27. The molecule has 0 radical (unpaired) electrons. The van der Waals surface area contributed by atoms with E-state index in [1.165, 1.54) is 12.1 Å². The highest BCUT2D eigenvalue weighted by Gasteiger charge is 2.32. The van der Waals surface area contributed by atoms with Gasteiger partial charge in [-0.2, -0.15) is 0 Å². The highest BCUT2D eigenvalue weighted by molar-refractivity contribution is 5.95. The summed E-state index contributed by atoms with van der Waals surface area (Å²) in [7, 11) is 0. The van der Waals surface area contributed by atoms with E-state index in [1.54, 1.807) is 19.1 Å². The Hall–Kier alpha value is -2.50. The topological polar surface area (TPSA) is 87.7 Å². The Morgan fingerprint density at radius 1 is 1.32 bits per heavy atom. The van der Waals surface area contributed by atoms with Gasteiger partial charge in [0.15, 0.2) is 0 Å². The Morgan fingerprint density at radius 2 is 2.00 bits per heavy atom. The van der Waals surface area contributed by atoms with Crippen molar-refractivity contribution in [1.82, 2.24) is 10.6 Å². The number of benzene rings is 1. The van der Waals surface area contributed by atoms with E-state index in [2.05, 4.69) is 10.6 Å². The number of hydrogen-bond donors (Lipinski definition) is 3. The minimum atomic E-state index is -0.594. The van der Waals surface area contributed by atoms with Crippen LogP contribution in [0.5, 0.6) is 5.75 Å². The molecule has 1 heterocycles. The van der Waals surface area contributed by atoms with Crippen LogP contribution in [0.4, 0.5) is 4.79 Å². The molecular weight excluding hydrogens is 284 g/mol. The maximum absolute atomic E-state index is 12.3. The van der Waals surface area contributed by atoms with E-state index in [0.717, 1.165) is 12.8 Å². The summed E-state index contributed by atoms with van der Waals surface area (Å²) in [5.41, 5.74) is 1.55. The van der Waals surface area contributed by atoms with Gasteiger partial charge in [0.2, 0.25) is 0 Å². The van der Waals surface area contributed by atoms with E-state index in [1.807, 2.05) is 6.92 Å². The smallest absolute Gasteiger partial charge is 0.338 e. The average molecular weight is 304 g/mol. The van der Waals surface area contributed by atoms with Gasteiger partial charge in [0, 0.05) is 5.70 Å². The lowest BCUT2D eigenvalue weighted by Gasteiger charge is -2.28. The number of unbranched alkanes of at least 4 members (excludes halogenated alkanes) is 1. The molecule has 0 saturated heterocycles. The second-order valence-corrected chi connectivity index (χ2v) is 5.15. The van der Waals surface area contributed by atoms with Crippen molar-refractivity contribution in [2.24, 2.45) is 0 Å². The summed E-state index contributed by atoms with van der Waals surface area (Å²) in [5.74, 6) is -0.326. The second kappa shape index (κ2) is 6.98. The zero-order chi connectivity index (χ0) is 16.1. The number of carbonyl (C=O) groups is 2. The molecule has 0 aromatic heterocycles. The zero-order valence-electron chi connectivity index (χ0n) is 12.7. The molecule has 1 aromatic rings. The average Bonchev–Trinajstić information content (AvgIpc) is 2.47. The van der Waals surface area contributed by atoms with Gasteiger partial charge in [0.25, 0.3) is 0 Å². The summed E-state index contributed by atoms with van der Waals surface area (Å²) in [5, 5.41) is 14.7. The minimum Gasteiger partial charge on any atom is -0.508 e. The van der Waals surface area contributed by atoms with Crippen LogP contribution in [0.25, 0.3) is 0 Å². The van der Waals surface area contributed by atoms with Gasteiger partial charge < -0.3 is 20.5 Å². The lowest BCUT2D eigenvalue weighted by atomic mass is 9.95. The Bertz CT molecular complexity index is 593. The predicted molar refractivity (Wildman–Crippen MR) is 81.1 cm³/mol. The van der Waals surface area contributed by atoms with Crippen molar-refractivity contribution in [3.63, 3.8) is 0 Å². The van der Waals surface area contributed by atoms with Gasteiger partial charge in [-0.05, 0) is 31.0 Å². The van der Waals surface area contributed by atoms with Gasteiger partial charge in [-0.15, -0.1) is 0 Å². The molecule has 2 rings (SSSR count). The summed E-state index contributed by atoms with van der Waals surface area (Å²) in [6, 6.07) is 5.39. The number of ether oxygens (including phenoxy) is 1. The maximum atomic E-state index is 12.3. The fourth-order valence-corrected chi connectivity index (χ4v) is 2.27. The largest absolute Gasteiger partial charge is 0.508 e. The molecule has 3 N–H and O–H groups in total. The Kier molecular flexibility index (Phi) is 5.04. The molecule has 1 aromatic carbocycles. The fraction of sp³-hybridized carbons (Fsp3) is 0.375. The van der Waals surface area contributed by atoms with Gasteiger partial charge >= 0.3 is 12.0 Å². The van der Waals surface area contributed by atoms with E-state index >= 15 is 0 Å². The molecule has 1 aliphatic heterocycles. The quantitative estimate of drug-likeness (QED) is 0.575. The summed E-state index contributed by atoms with van der Waals surface area (Å²) >= 11 is 0. The third-order valence-electron chi connectivity index (χ3n) is 3.45. The van der Waals surface area contributed by atoms with Crippen LogP contribution in [0, 0.1) is 0 Å². The molecule has 6 heteroatoms. The summed E-state index contributed by atoms with van der Waals surface area (Å²) in [6.45, 7) is 4.03. The van der Waals surface area contributed by atoms with E-state index in [9.17, 15) is 14.7 Å². The van der Waals surface area contributed by atoms with E-state index in [-0.39, 0.29) is 11.8 Å². The third kappa shape index (κ3) is 3.58. The standard InChI is InChI=1S/C16H20N2O4/c1-3-4-9-22-15(20)13-10(2)17-16(21)18-14(13)11-5-7-12(19)8-6-11/h5-8,14,19H,3-4,9H2,1-2H3,(H2,17,18,21).